The first-order chi connectivity index (χ1) is 8.78. The number of hydrogen-bond acceptors (Lipinski definition) is 4. The third kappa shape index (κ3) is 2.02. The van der Waals surface area contributed by atoms with Gasteiger partial charge in [0.25, 0.3) is 0 Å². The maximum absolute atomic E-state index is 5.40. The van der Waals surface area contributed by atoms with Crippen LogP contribution in [-0.4, -0.2) is 37.1 Å². The average molecular weight is 260 g/mol. The van der Waals surface area contributed by atoms with E-state index in [0.29, 0.717) is 5.92 Å². The van der Waals surface area contributed by atoms with E-state index in [1.807, 2.05) is 24.4 Å². The molecule has 0 unspecified atom stereocenters. The lowest BCUT2D eigenvalue weighted by Crippen LogP contribution is -2.41. The maximum atomic E-state index is 5.40. The van der Waals surface area contributed by atoms with Gasteiger partial charge in [0.2, 0.25) is 0 Å². The van der Waals surface area contributed by atoms with E-state index in [9.17, 15) is 0 Å². The van der Waals surface area contributed by atoms with Crippen molar-refractivity contribution in [2.75, 3.05) is 27.2 Å². The first kappa shape index (κ1) is 11.7. The Balaban J connectivity index is 1.88. The van der Waals surface area contributed by atoms with Crippen molar-refractivity contribution < 1.29 is 4.74 Å². The standard InChI is InChI=1S/C14H16N2OS/c1-16-8-10(9-16)14-15-7-13(18-14)11-5-3-4-6-12(11)17-2/h3-7,10H,8-9H2,1-2H3. The van der Waals surface area contributed by atoms with E-state index in [4.69, 9.17) is 4.74 Å². The molecule has 0 amide bonds. The van der Waals surface area contributed by atoms with Gasteiger partial charge in [-0.2, -0.15) is 0 Å². The number of likely N-dealkylation sites (N-methyl/N-ethyl adjacent to an activating group) is 1. The molecule has 1 fully saturated rings. The molecule has 2 aromatic rings. The minimum absolute atomic E-state index is 0.614. The molecule has 94 valence electrons. The van der Waals surface area contributed by atoms with E-state index < -0.39 is 0 Å². The number of ether oxygens (including phenoxy) is 1. The highest BCUT2D eigenvalue weighted by Crippen LogP contribution is 2.37. The molecule has 3 rings (SSSR count). The number of methoxy groups -OCH3 is 1. The molecule has 18 heavy (non-hydrogen) atoms. The lowest BCUT2D eigenvalue weighted by Gasteiger charge is -2.34. The summed E-state index contributed by atoms with van der Waals surface area (Å²) in [5.74, 6) is 1.53. The highest BCUT2D eigenvalue weighted by Gasteiger charge is 2.27. The fraction of sp³-hybridized carbons (Fsp3) is 0.357. The van der Waals surface area contributed by atoms with Crippen LogP contribution in [0.3, 0.4) is 0 Å². The van der Waals surface area contributed by atoms with Crippen molar-refractivity contribution in [3.05, 3.63) is 35.5 Å². The number of likely N-dealkylation sites (tertiary alicyclic amines) is 1. The summed E-state index contributed by atoms with van der Waals surface area (Å²) in [5.41, 5.74) is 1.14. The average Bonchev–Trinajstić information content (AvgIpc) is 2.84. The van der Waals surface area contributed by atoms with E-state index in [1.54, 1.807) is 18.4 Å². The molecular weight excluding hydrogens is 244 g/mol. The van der Waals surface area contributed by atoms with Crippen LogP contribution >= 0.6 is 11.3 Å². The van der Waals surface area contributed by atoms with Gasteiger partial charge in [-0.1, -0.05) is 12.1 Å². The van der Waals surface area contributed by atoms with Crippen LogP contribution in [-0.2, 0) is 0 Å². The second kappa shape index (κ2) is 4.71. The van der Waals surface area contributed by atoms with Gasteiger partial charge in [0.1, 0.15) is 5.75 Å². The molecule has 1 aromatic carbocycles. The fourth-order valence-corrected chi connectivity index (χ4v) is 3.33. The molecule has 1 aliphatic heterocycles. The zero-order chi connectivity index (χ0) is 12.5. The highest BCUT2D eigenvalue weighted by molar-refractivity contribution is 7.15. The summed E-state index contributed by atoms with van der Waals surface area (Å²) in [6, 6.07) is 8.11. The Labute approximate surface area is 111 Å². The minimum atomic E-state index is 0.614. The van der Waals surface area contributed by atoms with E-state index in [-0.39, 0.29) is 0 Å². The van der Waals surface area contributed by atoms with Crippen molar-refractivity contribution in [3.63, 3.8) is 0 Å². The van der Waals surface area contributed by atoms with Crippen molar-refractivity contribution in [1.82, 2.24) is 9.88 Å². The quantitative estimate of drug-likeness (QED) is 0.848. The number of benzene rings is 1. The number of thiazole rings is 1. The molecule has 0 saturated carbocycles. The van der Waals surface area contributed by atoms with Crippen LogP contribution in [0.5, 0.6) is 5.75 Å². The topological polar surface area (TPSA) is 25.4 Å². The number of para-hydroxylation sites is 1. The van der Waals surface area contributed by atoms with Gasteiger partial charge < -0.3 is 9.64 Å². The van der Waals surface area contributed by atoms with Crippen LogP contribution in [0, 0.1) is 0 Å². The Kier molecular flexibility index (Phi) is 3.06. The largest absolute Gasteiger partial charge is 0.496 e. The summed E-state index contributed by atoms with van der Waals surface area (Å²) in [4.78, 5) is 8.07. The number of hydrogen-bond donors (Lipinski definition) is 0. The minimum Gasteiger partial charge on any atom is -0.496 e. The van der Waals surface area contributed by atoms with E-state index in [2.05, 4.69) is 23.0 Å². The van der Waals surface area contributed by atoms with Gasteiger partial charge >= 0.3 is 0 Å². The number of aromatic nitrogens is 1. The van der Waals surface area contributed by atoms with Crippen molar-refractivity contribution in [2.24, 2.45) is 0 Å². The molecular formula is C14H16N2OS. The van der Waals surface area contributed by atoms with Crippen LogP contribution < -0.4 is 4.74 Å². The third-order valence-electron chi connectivity index (χ3n) is 3.31. The van der Waals surface area contributed by atoms with Crippen molar-refractivity contribution in [3.8, 4) is 16.2 Å². The first-order valence-corrected chi connectivity index (χ1v) is 6.87. The van der Waals surface area contributed by atoms with Gasteiger partial charge in [0.05, 0.1) is 17.0 Å². The maximum Gasteiger partial charge on any atom is 0.127 e. The molecule has 1 saturated heterocycles. The lowest BCUT2D eigenvalue weighted by molar-refractivity contribution is 0.189. The smallest absolute Gasteiger partial charge is 0.127 e. The molecule has 4 heteroatoms. The Morgan fingerprint density at radius 2 is 2.11 bits per heavy atom. The van der Waals surface area contributed by atoms with Crippen LogP contribution in [0.1, 0.15) is 10.9 Å². The van der Waals surface area contributed by atoms with Gasteiger partial charge in [0.15, 0.2) is 0 Å². The second-order valence-electron chi connectivity index (χ2n) is 4.68. The number of nitrogens with zero attached hydrogens (tertiary/aromatic N) is 2. The Morgan fingerprint density at radius 3 is 2.83 bits per heavy atom. The molecule has 0 atom stereocenters. The van der Waals surface area contributed by atoms with E-state index in [1.165, 1.54) is 9.88 Å². The Hall–Kier alpha value is -1.39. The summed E-state index contributed by atoms with van der Waals surface area (Å²) in [6.07, 6.45) is 1.97. The summed E-state index contributed by atoms with van der Waals surface area (Å²) in [5, 5.41) is 1.24. The summed E-state index contributed by atoms with van der Waals surface area (Å²) in [6.45, 7) is 2.25. The summed E-state index contributed by atoms with van der Waals surface area (Å²) >= 11 is 1.78. The van der Waals surface area contributed by atoms with Gasteiger partial charge in [-0.15, -0.1) is 11.3 Å². The molecule has 3 nitrogen and oxygen atoms in total. The van der Waals surface area contributed by atoms with Crippen molar-refractivity contribution in [1.29, 1.82) is 0 Å². The molecule has 2 heterocycles. The predicted molar refractivity (Wildman–Crippen MR) is 74.3 cm³/mol. The van der Waals surface area contributed by atoms with Gasteiger partial charge in [-0.05, 0) is 19.2 Å². The van der Waals surface area contributed by atoms with Crippen LogP contribution in [0.4, 0.5) is 0 Å². The van der Waals surface area contributed by atoms with Crippen molar-refractivity contribution in [2.45, 2.75) is 5.92 Å². The van der Waals surface area contributed by atoms with Crippen molar-refractivity contribution >= 4 is 11.3 Å². The van der Waals surface area contributed by atoms with Crippen LogP contribution in [0.15, 0.2) is 30.5 Å². The first-order valence-electron chi connectivity index (χ1n) is 6.05. The lowest BCUT2D eigenvalue weighted by atomic mass is 10.0. The van der Waals surface area contributed by atoms with E-state index in [0.717, 1.165) is 24.4 Å². The zero-order valence-electron chi connectivity index (χ0n) is 10.6. The third-order valence-corrected chi connectivity index (χ3v) is 4.50. The summed E-state index contributed by atoms with van der Waals surface area (Å²) in [7, 11) is 3.85. The SMILES string of the molecule is COc1ccccc1-c1cnc(C2CN(C)C2)s1. The molecule has 0 bridgehead atoms. The zero-order valence-corrected chi connectivity index (χ0v) is 11.4. The monoisotopic (exact) mass is 260 g/mol. The predicted octanol–water partition coefficient (Wildman–Crippen LogP) is 2.85. The highest BCUT2D eigenvalue weighted by atomic mass is 32.1. The second-order valence-corrected chi connectivity index (χ2v) is 5.74. The fourth-order valence-electron chi connectivity index (χ4n) is 2.30. The number of rotatable bonds is 3. The van der Waals surface area contributed by atoms with Gasteiger partial charge in [0, 0.05) is 30.8 Å². The Bertz CT molecular complexity index is 546. The van der Waals surface area contributed by atoms with Crippen LogP contribution in [0.2, 0.25) is 0 Å². The Morgan fingerprint density at radius 1 is 1.33 bits per heavy atom. The molecule has 0 spiro atoms. The molecule has 0 aliphatic carbocycles. The van der Waals surface area contributed by atoms with Gasteiger partial charge in [-0.3, -0.25) is 0 Å². The van der Waals surface area contributed by atoms with Gasteiger partial charge in [-0.25, -0.2) is 4.98 Å². The van der Waals surface area contributed by atoms with E-state index >= 15 is 0 Å². The molecule has 0 N–H and O–H groups in total. The molecule has 1 aliphatic rings. The molecule has 1 aromatic heterocycles. The summed E-state index contributed by atoms with van der Waals surface area (Å²) < 4.78 is 5.40. The normalized spacial score (nSPS) is 16.6. The molecule has 0 radical (unpaired) electrons. The van der Waals surface area contributed by atoms with Crippen LogP contribution in [0.25, 0.3) is 10.4 Å².